The minimum Gasteiger partial charge on any atom is -0.389 e. The van der Waals surface area contributed by atoms with Crippen molar-refractivity contribution in [3.63, 3.8) is 0 Å². The number of nitrogens with one attached hydrogen (secondary N) is 1. The molecule has 0 bridgehead atoms. The van der Waals surface area contributed by atoms with Gasteiger partial charge in [0.25, 0.3) is 0 Å². The Kier molecular flexibility index (Phi) is 4.59. The monoisotopic (exact) mass is 256 g/mol. The van der Waals surface area contributed by atoms with Crippen LogP contribution in [-0.4, -0.2) is 60.4 Å². The zero-order valence-corrected chi connectivity index (χ0v) is 11.2. The standard InChI is InChI=1S/C13H24N2O3/c1-13(17)5-3-6-15(10-13)9-12(16)14-8-11-4-2-7-18-11/h11,17H,2-10H2,1H3,(H,14,16). The fourth-order valence-electron chi connectivity index (χ4n) is 2.75. The molecule has 2 unspecified atom stereocenters. The second-order valence-electron chi connectivity index (χ2n) is 5.75. The van der Waals surface area contributed by atoms with Crippen LogP contribution in [0.1, 0.15) is 32.6 Å². The molecule has 2 atom stereocenters. The molecule has 2 aliphatic rings. The zero-order valence-electron chi connectivity index (χ0n) is 11.2. The lowest BCUT2D eigenvalue weighted by Crippen LogP contribution is -2.49. The molecule has 0 aromatic carbocycles. The molecule has 18 heavy (non-hydrogen) atoms. The highest BCUT2D eigenvalue weighted by molar-refractivity contribution is 5.78. The number of amides is 1. The van der Waals surface area contributed by atoms with Gasteiger partial charge in [-0.2, -0.15) is 0 Å². The van der Waals surface area contributed by atoms with Crippen LogP contribution in [0.3, 0.4) is 0 Å². The van der Waals surface area contributed by atoms with E-state index in [9.17, 15) is 9.90 Å². The van der Waals surface area contributed by atoms with Crippen molar-refractivity contribution < 1.29 is 14.6 Å². The number of nitrogens with zero attached hydrogens (tertiary/aromatic N) is 1. The summed E-state index contributed by atoms with van der Waals surface area (Å²) in [6.45, 7) is 5.12. The summed E-state index contributed by atoms with van der Waals surface area (Å²) in [5, 5.41) is 12.9. The van der Waals surface area contributed by atoms with E-state index < -0.39 is 5.60 Å². The fraction of sp³-hybridized carbons (Fsp3) is 0.923. The number of piperidine rings is 1. The third-order valence-corrected chi connectivity index (χ3v) is 3.67. The average Bonchev–Trinajstić information content (AvgIpc) is 2.77. The number of hydrogen-bond acceptors (Lipinski definition) is 4. The van der Waals surface area contributed by atoms with Crippen molar-refractivity contribution in [2.45, 2.75) is 44.3 Å². The molecule has 2 rings (SSSR count). The Bertz CT molecular complexity index is 288. The van der Waals surface area contributed by atoms with Crippen LogP contribution in [0, 0.1) is 0 Å². The summed E-state index contributed by atoms with van der Waals surface area (Å²) in [7, 11) is 0. The number of aliphatic hydroxyl groups is 1. The molecule has 0 saturated carbocycles. The van der Waals surface area contributed by atoms with E-state index in [1.807, 2.05) is 11.8 Å². The molecule has 1 amide bonds. The lowest BCUT2D eigenvalue weighted by atomic mass is 9.95. The normalized spacial score (nSPS) is 33.6. The van der Waals surface area contributed by atoms with Gasteiger partial charge in [0.2, 0.25) is 5.91 Å². The van der Waals surface area contributed by atoms with E-state index in [-0.39, 0.29) is 12.0 Å². The van der Waals surface area contributed by atoms with Crippen LogP contribution in [0.25, 0.3) is 0 Å². The molecule has 0 aromatic heterocycles. The number of β-amino-alcohol motifs (C(OH)–C–C–N with tert-alkyl or cyclic N) is 1. The Morgan fingerprint density at radius 3 is 3.06 bits per heavy atom. The highest BCUT2D eigenvalue weighted by Gasteiger charge is 2.29. The number of carbonyl (C=O) groups is 1. The van der Waals surface area contributed by atoms with Crippen LogP contribution >= 0.6 is 0 Å². The lowest BCUT2D eigenvalue weighted by molar-refractivity contribution is -0.124. The maximum Gasteiger partial charge on any atom is 0.234 e. The number of carbonyl (C=O) groups excluding carboxylic acids is 1. The van der Waals surface area contributed by atoms with Crippen LogP contribution < -0.4 is 5.32 Å². The van der Waals surface area contributed by atoms with Gasteiger partial charge in [-0.05, 0) is 39.2 Å². The Labute approximate surface area is 108 Å². The summed E-state index contributed by atoms with van der Waals surface area (Å²) in [6.07, 6.45) is 4.10. The summed E-state index contributed by atoms with van der Waals surface area (Å²) in [4.78, 5) is 13.8. The maximum absolute atomic E-state index is 11.8. The van der Waals surface area contributed by atoms with Crippen molar-refractivity contribution in [2.75, 3.05) is 32.8 Å². The van der Waals surface area contributed by atoms with E-state index in [0.29, 0.717) is 19.6 Å². The van der Waals surface area contributed by atoms with Crippen LogP contribution in [0.5, 0.6) is 0 Å². The molecular formula is C13H24N2O3. The highest BCUT2D eigenvalue weighted by atomic mass is 16.5. The van der Waals surface area contributed by atoms with Gasteiger partial charge in [0, 0.05) is 19.7 Å². The second kappa shape index (κ2) is 5.99. The van der Waals surface area contributed by atoms with Crippen LogP contribution in [0.2, 0.25) is 0 Å². The first-order chi connectivity index (χ1) is 8.55. The third-order valence-electron chi connectivity index (χ3n) is 3.67. The number of hydrogen-bond donors (Lipinski definition) is 2. The molecule has 5 heteroatoms. The Morgan fingerprint density at radius 1 is 1.56 bits per heavy atom. The summed E-state index contributed by atoms with van der Waals surface area (Å²) < 4.78 is 5.46. The largest absolute Gasteiger partial charge is 0.389 e. The molecule has 2 saturated heterocycles. The van der Waals surface area contributed by atoms with Crippen LogP contribution in [0.15, 0.2) is 0 Å². The SMILES string of the molecule is CC1(O)CCCN(CC(=O)NCC2CCCO2)C1. The zero-order chi connectivity index (χ0) is 13.0. The van der Waals surface area contributed by atoms with Crippen molar-refractivity contribution in [1.29, 1.82) is 0 Å². The average molecular weight is 256 g/mol. The number of likely N-dealkylation sites (tertiary alicyclic amines) is 1. The first kappa shape index (κ1) is 13.8. The topological polar surface area (TPSA) is 61.8 Å². The van der Waals surface area contributed by atoms with E-state index in [0.717, 1.165) is 38.8 Å². The van der Waals surface area contributed by atoms with Crippen molar-refractivity contribution in [1.82, 2.24) is 10.2 Å². The maximum atomic E-state index is 11.8. The van der Waals surface area contributed by atoms with Gasteiger partial charge in [0.1, 0.15) is 0 Å². The quantitative estimate of drug-likeness (QED) is 0.750. The van der Waals surface area contributed by atoms with Gasteiger partial charge >= 0.3 is 0 Å². The van der Waals surface area contributed by atoms with Crippen molar-refractivity contribution >= 4 is 5.91 Å². The second-order valence-corrected chi connectivity index (χ2v) is 5.75. The Hall–Kier alpha value is -0.650. The van der Waals surface area contributed by atoms with E-state index in [1.54, 1.807) is 0 Å². The molecule has 2 fully saturated rings. The lowest BCUT2D eigenvalue weighted by Gasteiger charge is -2.36. The summed E-state index contributed by atoms with van der Waals surface area (Å²) >= 11 is 0. The smallest absolute Gasteiger partial charge is 0.234 e. The third kappa shape index (κ3) is 4.23. The Balaban J connectivity index is 1.67. The predicted octanol–water partition coefficient (Wildman–Crippen LogP) is 0.128. The van der Waals surface area contributed by atoms with Gasteiger partial charge in [0.05, 0.1) is 18.2 Å². The van der Waals surface area contributed by atoms with Gasteiger partial charge < -0.3 is 15.2 Å². The first-order valence-electron chi connectivity index (χ1n) is 6.88. The molecule has 2 aliphatic heterocycles. The van der Waals surface area contributed by atoms with E-state index in [1.165, 1.54) is 0 Å². The Morgan fingerprint density at radius 2 is 2.39 bits per heavy atom. The van der Waals surface area contributed by atoms with Crippen LogP contribution in [0.4, 0.5) is 0 Å². The van der Waals surface area contributed by atoms with Gasteiger partial charge in [0.15, 0.2) is 0 Å². The molecule has 2 N–H and O–H groups in total. The summed E-state index contributed by atoms with van der Waals surface area (Å²) in [5.74, 6) is 0.0307. The molecule has 2 heterocycles. The minimum atomic E-state index is -0.646. The molecule has 0 radical (unpaired) electrons. The number of rotatable bonds is 4. The molecule has 104 valence electrons. The van der Waals surface area contributed by atoms with Crippen LogP contribution in [-0.2, 0) is 9.53 Å². The van der Waals surface area contributed by atoms with Gasteiger partial charge in [-0.25, -0.2) is 0 Å². The van der Waals surface area contributed by atoms with E-state index >= 15 is 0 Å². The van der Waals surface area contributed by atoms with Gasteiger partial charge in [-0.1, -0.05) is 0 Å². The van der Waals surface area contributed by atoms with E-state index in [2.05, 4.69) is 5.32 Å². The first-order valence-corrected chi connectivity index (χ1v) is 6.88. The minimum absolute atomic E-state index is 0.0307. The van der Waals surface area contributed by atoms with Gasteiger partial charge in [-0.15, -0.1) is 0 Å². The van der Waals surface area contributed by atoms with Gasteiger partial charge in [-0.3, -0.25) is 9.69 Å². The highest BCUT2D eigenvalue weighted by Crippen LogP contribution is 2.19. The van der Waals surface area contributed by atoms with E-state index in [4.69, 9.17) is 4.74 Å². The summed E-state index contributed by atoms with van der Waals surface area (Å²) in [5.41, 5.74) is -0.646. The van der Waals surface area contributed by atoms with Crippen molar-refractivity contribution in [2.24, 2.45) is 0 Å². The molecular weight excluding hydrogens is 232 g/mol. The molecule has 0 aromatic rings. The molecule has 0 aliphatic carbocycles. The predicted molar refractivity (Wildman–Crippen MR) is 68.3 cm³/mol. The summed E-state index contributed by atoms with van der Waals surface area (Å²) in [6, 6.07) is 0. The van der Waals surface area contributed by atoms with Crippen molar-refractivity contribution in [3.05, 3.63) is 0 Å². The molecule has 5 nitrogen and oxygen atoms in total. The molecule has 0 spiro atoms. The van der Waals surface area contributed by atoms with Crippen molar-refractivity contribution in [3.8, 4) is 0 Å². The fourth-order valence-corrected chi connectivity index (χ4v) is 2.75. The number of ether oxygens (including phenoxy) is 1.